The zero-order valence-corrected chi connectivity index (χ0v) is 13.7. The van der Waals surface area contributed by atoms with Gasteiger partial charge < -0.3 is 19.7 Å². The average Bonchev–Trinajstić information content (AvgIpc) is 3.27. The molecule has 146 valence electrons. The van der Waals surface area contributed by atoms with Crippen LogP contribution in [0.25, 0.3) is 0 Å². The molecule has 4 atom stereocenters. The van der Waals surface area contributed by atoms with Crippen LogP contribution in [-0.4, -0.2) is 42.8 Å². The Morgan fingerprint density at radius 2 is 1.81 bits per heavy atom. The molecule has 0 spiro atoms. The first kappa shape index (κ1) is 18.0. The first-order chi connectivity index (χ1) is 12.7. The number of hydrogen-bond acceptors (Lipinski definition) is 3. The van der Waals surface area contributed by atoms with Crippen molar-refractivity contribution in [1.82, 2.24) is 4.90 Å². The molecule has 2 fully saturated rings. The van der Waals surface area contributed by atoms with Crippen LogP contribution in [0.4, 0.5) is 32.4 Å². The quantitative estimate of drug-likeness (QED) is 0.632. The number of benzene rings is 1. The molecule has 0 aliphatic carbocycles. The summed E-state index contributed by atoms with van der Waals surface area (Å²) in [6.07, 6.45) is -1.03. The van der Waals surface area contributed by atoms with Crippen LogP contribution in [0, 0.1) is 11.8 Å². The highest BCUT2D eigenvalue weighted by molar-refractivity contribution is 5.89. The van der Waals surface area contributed by atoms with Crippen LogP contribution < -0.4 is 10.1 Å². The Bertz CT molecular complexity index is 762. The van der Waals surface area contributed by atoms with E-state index in [1.54, 1.807) is 0 Å². The van der Waals surface area contributed by atoms with Gasteiger partial charge in [0.1, 0.15) is 5.75 Å². The van der Waals surface area contributed by atoms with Gasteiger partial charge in [-0.05, 0) is 18.2 Å². The summed E-state index contributed by atoms with van der Waals surface area (Å²) in [6.45, 7) is -2.50. The van der Waals surface area contributed by atoms with Gasteiger partial charge in [0.05, 0.1) is 17.8 Å². The number of rotatable bonds is 3. The number of alkyl halides is 5. The highest BCUT2D eigenvalue weighted by Gasteiger charge is 2.51. The SMILES string of the molecule is O=C(Nc1ccc(OC(F)F)c(C(F)(F)F)c1)N1CC2C3C=CC(O3)C2C1. The van der Waals surface area contributed by atoms with Gasteiger partial charge in [0.15, 0.2) is 0 Å². The van der Waals surface area contributed by atoms with Crippen molar-refractivity contribution >= 4 is 11.7 Å². The molecule has 4 unspecified atom stereocenters. The second-order valence-corrected chi connectivity index (χ2v) is 6.70. The number of anilines is 1. The number of likely N-dealkylation sites (tertiary alicyclic amines) is 1. The van der Waals surface area contributed by atoms with Crippen molar-refractivity contribution in [2.75, 3.05) is 18.4 Å². The number of amides is 2. The third kappa shape index (κ3) is 3.33. The number of urea groups is 1. The molecule has 2 bridgehead atoms. The van der Waals surface area contributed by atoms with E-state index in [1.165, 1.54) is 4.90 Å². The molecule has 3 aliphatic rings. The Morgan fingerprint density at radius 3 is 2.37 bits per heavy atom. The first-order valence-corrected chi connectivity index (χ1v) is 8.28. The summed E-state index contributed by atoms with van der Waals surface area (Å²) < 4.78 is 73.5. The number of nitrogens with zero attached hydrogens (tertiary/aromatic N) is 1. The Kier molecular flexibility index (Phi) is 4.25. The molecule has 5 nitrogen and oxygen atoms in total. The second kappa shape index (κ2) is 6.36. The summed E-state index contributed by atoms with van der Waals surface area (Å²) in [7, 11) is 0. The molecule has 27 heavy (non-hydrogen) atoms. The molecular formula is C17H15F5N2O3. The maximum atomic E-state index is 13.1. The summed E-state index contributed by atoms with van der Waals surface area (Å²) in [5, 5.41) is 2.40. The summed E-state index contributed by atoms with van der Waals surface area (Å²) in [5.74, 6) is -0.636. The number of carbonyl (C=O) groups is 1. The zero-order valence-electron chi connectivity index (χ0n) is 13.7. The van der Waals surface area contributed by atoms with E-state index in [4.69, 9.17) is 4.74 Å². The Balaban J connectivity index is 1.47. The maximum absolute atomic E-state index is 13.1. The Hall–Kier alpha value is -2.36. The van der Waals surface area contributed by atoms with Crippen molar-refractivity contribution in [3.63, 3.8) is 0 Å². The van der Waals surface area contributed by atoms with Gasteiger partial charge in [-0.1, -0.05) is 12.2 Å². The predicted octanol–water partition coefficient (Wildman–Crippen LogP) is 3.72. The van der Waals surface area contributed by atoms with E-state index < -0.39 is 30.1 Å². The molecule has 4 rings (SSSR count). The molecule has 1 aromatic carbocycles. The van der Waals surface area contributed by atoms with Crippen molar-refractivity contribution in [3.8, 4) is 5.75 Å². The molecule has 10 heteroatoms. The van der Waals surface area contributed by atoms with E-state index in [0.29, 0.717) is 19.2 Å². The molecule has 1 N–H and O–H groups in total. The normalized spacial score (nSPS) is 28.7. The maximum Gasteiger partial charge on any atom is 0.420 e. The molecule has 1 aromatic rings. The van der Waals surface area contributed by atoms with E-state index in [1.807, 2.05) is 12.2 Å². The monoisotopic (exact) mass is 390 g/mol. The van der Waals surface area contributed by atoms with Crippen LogP contribution in [0.2, 0.25) is 0 Å². The molecular weight excluding hydrogens is 375 g/mol. The molecule has 2 saturated heterocycles. The minimum absolute atomic E-state index is 0.0274. The van der Waals surface area contributed by atoms with E-state index in [9.17, 15) is 26.7 Å². The van der Waals surface area contributed by atoms with Gasteiger partial charge in [-0.3, -0.25) is 0 Å². The topological polar surface area (TPSA) is 50.8 Å². The lowest BCUT2D eigenvalue weighted by molar-refractivity contribution is -0.141. The average molecular weight is 390 g/mol. The van der Waals surface area contributed by atoms with Crippen molar-refractivity contribution in [3.05, 3.63) is 35.9 Å². The van der Waals surface area contributed by atoms with E-state index >= 15 is 0 Å². The van der Waals surface area contributed by atoms with Crippen LogP contribution in [-0.2, 0) is 10.9 Å². The van der Waals surface area contributed by atoms with E-state index in [-0.39, 0.29) is 29.7 Å². The Morgan fingerprint density at radius 1 is 1.19 bits per heavy atom. The van der Waals surface area contributed by atoms with Gasteiger partial charge in [0.25, 0.3) is 0 Å². The zero-order chi connectivity index (χ0) is 19.3. The molecule has 3 heterocycles. The van der Waals surface area contributed by atoms with Crippen molar-refractivity contribution in [1.29, 1.82) is 0 Å². The standard InChI is InChI=1S/C17H15F5N2O3/c18-15(19)27-14-2-1-8(5-11(14)17(20,21)22)23-16(25)24-6-9-10(7-24)13-4-3-12(9)26-13/h1-5,9-10,12-13,15H,6-7H2,(H,23,25). The minimum Gasteiger partial charge on any atom is -0.434 e. The van der Waals surface area contributed by atoms with Gasteiger partial charge in [-0.15, -0.1) is 0 Å². The molecule has 2 amide bonds. The Labute approximate surface area is 150 Å². The van der Waals surface area contributed by atoms with Crippen LogP contribution >= 0.6 is 0 Å². The highest BCUT2D eigenvalue weighted by atomic mass is 19.4. The van der Waals surface area contributed by atoms with Gasteiger partial charge >= 0.3 is 18.8 Å². The van der Waals surface area contributed by atoms with Gasteiger partial charge in [-0.25, -0.2) is 4.79 Å². The lowest BCUT2D eigenvalue weighted by atomic mass is 9.86. The number of hydrogen-bond donors (Lipinski definition) is 1. The van der Waals surface area contributed by atoms with Crippen molar-refractivity contribution < 1.29 is 36.2 Å². The number of nitrogens with one attached hydrogen (secondary N) is 1. The van der Waals surface area contributed by atoms with Crippen LogP contribution in [0.15, 0.2) is 30.4 Å². The van der Waals surface area contributed by atoms with Crippen molar-refractivity contribution in [2.24, 2.45) is 11.8 Å². The fourth-order valence-electron chi connectivity index (χ4n) is 3.92. The highest BCUT2D eigenvalue weighted by Crippen LogP contribution is 2.44. The van der Waals surface area contributed by atoms with Crippen LogP contribution in [0.5, 0.6) is 5.75 Å². The summed E-state index contributed by atoms with van der Waals surface area (Å²) in [6, 6.07) is 1.90. The lowest BCUT2D eigenvalue weighted by Gasteiger charge is -2.20. The fraction of sp³-hybridized carbons (Fsp3) is 0.471. The summed E-state index contributed by atoms with van der Waals surface area (Å²) >= 11 is 0. The van der Waals surface area contributed by atoms with Crippen LogP contribution in [0.1, 0.15) is 5.56 Å². The summed E-state index contributed by atoms with van der Waals surface area (Å²) in [5.41, 5.74) is -1.53. The molecule has 0 saturated carbocycles. The smallest absolute Gasteiger partial charge is 0.420 e. The molecule has 0 aromatic heterocycles. The molecule has 3 aliphatic heterocycles. The third-order valence-electron chi connectivity index (χ3n) is 5.10. The lowest BCUT2D eigenvalue weighted by Crippen LogP contribution is -2.35. The minimum atomic E-state index is -4.90. The largest absolute Gasteiger partial charge is 0.434 e. The second-order valence-electron chi connectivity index (χ2n) is 6.70. The summed E-state index contributed by atoms with van der Waals surface area (Å²) in [4.78, 5) is 14.0. The van der Waals surface area contributed by atoms with Gasteiger partial charge in [0, 0.05) is 30.6 Å². The number of halogens is 5. The van der Waals surface area contributed by atoms with E-state index in [2.05, 4.69) is 10.1 Å². The number of fused-ring (bicyclic) bond motifs is 5. The number of ether oxygens (including phenoxy) is 2. The van der Waals surface area contributed by atoms with Crippen molar-refractivity contribution in [2.45, 2.75) is 25.0 Å². The third-order valence-corrected chi connectivity index (χ3v) is 5.10. The predicted molar refractivity (Wildman–Crippen MR) is 83.4 cm³/mol. The van der Waals surface area contributed by atoms with Crippen LogP contribution in [0.3, 0.4) is 0 Å². The first-order valence-electron chi connectivity index (χ1n) is 8.28. The van der Waals surface area contributed by atoms with E-state index in [0.717, 1.165) is 12.1 Å². The van der Waals surface area contributed by atoms with Gasteiger partial charge in [-0.2, -0.15) is 22.0 Å². The number of carbonyl (C=O) groups excluding carboxylic acids is 1. The fourth-order valence-corrected chi connectivity index (χ4v) is 3.92. The molecule has 0 radical (unpaired) electrons. The van der Waals surface area contributed by atoms with Gasteiger partial charge in [0.2, 0.25) is 0 Å².